The lowest BCUT2D eigenvalue weighted by molar-refractivity contribution is 0.0948. The third-order valence-electron chi connectivity index (χ3n) is 4.95. The Kier molecular flexibility index (Phi) is 6.22. The van der Waals surface area contributed by atoms with Crippen molar-refractivity contribution in [3.05, 3.63) is 69.5 Å². The van der Waals surface area contributed by atoms with E-state index in [1.165, 1.54) is 19.8 Å². The lowest BCUT2D eigenvalue weighted by Gasteiger charge is -2.13. The largest absolute Gasteiger partial charge is 0.496 e. The molecule has 0 aliphatic carbocycles. The number of pyridine rings is 1. The van der Waals surface area contributed by atoms with Crippen molar-refractivity contribution in [2.24, 2.45) is 0 Å². The van der Waals surface area contributed by atoms with Gasteiger partial charge in [0.2, 0.25) is 0 Å². The molecule has 3 rings (SSSR count). The number of aromatic nitrogens is 1. The molecule has 29 heavy (non-hydrogen) atoms. The summed E-state index contributed by atoms with van der Waals surface area (Å²) < 4.78 is 10.6. The van der Waals surface area contributed by atoms with E-state index in [4.69, 9.17) is 9.47 Å². The predicted molar refractivity (Wildman–Crippen MR) is 114 cm³/mol. The molecule has 3 aromatic rings. The van der Waals surface area contributed by atoms with Crippen molar-refractivity contribution in [2.45, 2.75) is 26.2 Å². The number of methoxy groups -OCH3 is 2. The zero-order chi connectivity index (χ0) is 21.0. The lowest BCUT2D eigenvalue weighted by Crippen LogP contribution is -2.28. The zero-order valence-corrected chi connectivity index (χ0v) is 17.2. The summed E-state index contributed by atoms with van der Waals surface area (Å²) in [6, 6.07) is 13.1. The summed E-state index contributed by atoms with van der Waals surface area (Å²) in [7, 11) is 3.01. The summed E-state index contributed by atoms with van der Waals surface area (Å²) in [4.78, 5) is 28.0. The van der Waals surface area contributed by atoms with E-state index in [0.717, 1.165) is 10.9 Å². The molecule has 1 aromatic heterocycles. The molecule has 0 fully saturated rings. The van der Waals surface area contributed by atoms with Crippen LogP contribution in [0.3, 0.4) is 0 Å². The van der Waals surface area contributed by atoms with Crippen molar-refractivity contribution < 1.29 is 14.3 Å². The Labute approximate surface area is 169 Å². The van der Waals surface area contributed by atoms with Crippen LogP contribution < -0.4 is 20.3 Å². The number of ether oxygens (including phenoxy) is 2. The molecule has 0 aliphatic heterocycles. The van der Waals surface area contributed by atoms with Crippen LogP contribution in [0.2, 0.25) is 0 Å². The van der Waals surface area contributed by atoms with Gasteiger partial charge in [0, 0.05) is 17.6 Å². The molecule has 1 heterocycles. The van der Waals surface area contributed by atoms with Gasteiger partial charge in [0.25, 0.3) is 11.5 Å². The number of amides is 1. The molecular weight excluding hydrogens is 368 g/mol. The van der Waals surface area contributed by atoms with E-state index in [0.29, 0.717) is 41.5 Å². The molecule has 0 radical (unpaired) electrons. The molecule has 0 aliphatic rings. The fourth-order valence-corrected chi connectivity index (χ4v) is 3.29. The SMILES string of the molecule is COc1cccc(OC)c1C(=O)NCCc1cc2cc(C(C)C)ccc2[nH]c1=O. The number of fused-ring (bicyclic) bond motifs is 1. The number of hydrogen-bond donors (Lipinski definition) is 2. The number of benzene rings is 2. The molecule has 152 valence electrons. The van der Waals surface area contributed by atoms with Gasteiger partial charge < -0.3 is 19.8 Å². The molecule has 0 spiro atoms. The highest BCUT2D eigenvalue weighted by Gasteiger charge is 2.17. The maximum Gasteiger partial charge on any atom is 0.258 e. The molecule has 1 amide bonds. The fourth-order valence-electron chi connectivity index (χ4n) is 3.29. The normalized spacial score (nSPS) is 10.9. The van der Waals surface area contributed by atoms with Crippen molar-refractivity contribution in [2.75, 3.05) is 20.8 Å². The van der Waals surface area contributed by atoms with Crippen LogP contribution in [0.4, 0.5) is 0 Å². The van der Waals surface area contributed by atoms with Gasteiger partial charge in [0.05, 0.1) is 14.2 Å². The maximum atomic E-state index is 12.7. The Morgan fingerprint density at radius 3 is 2.38 bits per heavy atom. The van der Waals surface area contributed by atoms with E-state index in [9.17, 15) is 9.59 Å². The smallest absolute Gasteiger partial charge is 0.258 e. The van der Waals surface area contributed by atoms with Crippen LogP contribution in [-0.2, 0) is 6.42 Å². The molecule has 0 unspecified atom stereocenters. The molecule has 2 N–H and O–H groups in total. The average Bonchev–Trinajstić information content (AvgIpc) is 2.72. The minimum absolute atomic E-state index is 0.140. The summed E-state index contributed by atoms with van der Waals surface area (Å²) in [5.41, 5.74) is 2.86. The summed E-state index contributed by atoms with van der Waals surface area (Å²) >= 11 is 0. The van der Waals surface area contributed by atoms with E-state index in [1.807, 2.05) is 18.2 Å². The van der Waals surface area contributed by atoms with Gasteiger partial charge in [-0.2, -0.15) is 0 Å². The van der Waals surface area contributed by atoms with Crippen molar-refractivity contribution in [3.63, 3.8) is 0 Å². The van der Waals surface area contributed by atoms with Crippen LogP contribution in [0.15, 0.2) is 47.3 Å². The highest BCUT2D eigenvalue weighted by molar-refractivity contribution is 5.99. The number of aromatic amines is 1. The Hall–Kier alpha value is -3.28. The monoisotopic (exact) mass is 394 g/mol. The second kappa shape index (κ2) is 8.82. The maximum absolute atomic E-state index is 12.7. The van der Waals surface area contributed by atoms with E-state index in [-0.39, 0.29) is 11.5 Å². The second-order valence-corrected chi connectivity index (χ2v) is 7.17. The van der Waals surface area contributed by atoms with Gasteiger partial charge in [0.15, 0.2) is 0 Å². The number of carbonyl (C=O) groups excluding carboxylic acids is 1. The Morgan fingerprint density at radius 2 is 1.76 bits per heavy atom. The van der Waals surface area contributed by atoms with Crippen LogP contribution in [-0.4, -0.2) is 31.7 Å². The first-order valence-electron chi connectivity index (χ1n) is 9.59. The number of rotatable bonds is 7. The van der Waals surface area contributed by atoms with Gasteiger partial charge in [0.1, 0.15) is 17.1 Å². The lowest BCUT2D eigenvalue weighted by atomic mass is 10.0. The molecule has 0 saturated heterocycles. The first kappa shape index (κ1) is 20.5. The first-order chi connectivity index (χ1) is 13.9. The number of carbonyl (C=O) groups is 1. The van der Waals surface area contributed by atoms with E-state index >= 15 is 0 Å². The van der Waals surface area contributed by atoms with Crippen LogP contribution in [0.25, 0.3) is 10.9 Å². The van der Waals surface area contributed by atoms with E-state index in [1.54, 1.807) is 18.2 Å². The minimum atomic E-state index is -0.307. The molecule has 2 aromatic carbocycles. The van der Waals surface area contributed by atoms with Crippen molar-refractivity contribution >= 4 is 16.8 Å². The first-order valence-corrected chi connectivity index (χ1v) is 9.59. The Bertz CT molecular complexity index is 1060. The Balaban J connectivity index is 1.77. The standard InChI is InChI=1S/C23H26N2O4/c1-14(2)15-8-9-18-17(12-15)13-16(22(26)25-18)10-11-24-23(27)21-19(28-3)6-5-7-20(21)29-4/h5-9,12-14H,10-11H2,1-4H3,(H,24,27)(H,25,26). The highest BCUT2D eigenvalue weighted by atomic mass is 16.5. The van der Waals surface area contributed by atoms with Crippen molar-refractivity contribution in [3.8, 4) is 11.5 Å². The quantitative estimate of drug-likeness (QED) is 0.641. The van der Waals surface area contributed by atoms with Crippen LogP contribution in [0.1, 0.15) is 41.3 Å². The summed E-state index contributed by atoms with van der Waals surface area (Å²) in [5, 5.41) is 3.84. The molecule has 6 heteroatoms. The van der Waals surface area contributed by atoms with Gasteiger partial charge in [-0.3, -0.25) is 9.59 Å². The number of H-pyrrole nitrogens is 1. The van der Waals surface area contributed by atoms with Crippen molar-refractivity contribution in [1.82, 2.24) is 10.3 Å². The molecule has 6 nitrogen and oxygen atoms in total. The number of nitrogens with one attached hydrogen (secondary N) is 2. The third-order valence-corrected chi connectivity index (χ3v) is 4.95. The average molecular weight is 394 g/mol. The molecule has 0 atom stereocenters. The summed E-state index contributed by atoms with van der Waals surface area (Å²) in [6.07, 6.45) is 0.417. The molecule has 0 bridgehead atoms. The Morgan fingerprint density at radius 1 is 1.07 bits per heavy atom. The highest BCUT2D eigenvalue weighted by Crippen LogP contribution is 2.28. The summed E-state index contributed by atoms with van der Waals surface area (Å²) in [5.74, 6) is 0.974. The number of hydrogen-bond acceptors (Lipinski definition) is 4. The van der Waals surface area contributed by atoms with Gasteiger partial charge >= 0.3 is 0 Å². The fraction of sp³-hybridized carbons (Fsp3) is 0.304. The van der Waals surface area contributed by atoms with Crippen LogP contribution in [0, 0.1) is 0 Å². The summed E-state index contributed by atoms with van der Waals surface area (Å²) in [6.45, 7) is 4.59. The van der Waals surface area contributed by atoms with E-state index < -0.39 is 0 Å². The topological polar surface area (TPSA) is 80.4 Å². The van der Waals surface area contributed by atoms with E-state index in [2.05, 4.69) is 30.2 Å². The second-order valence-electron chi connectivity index (χ2n) is 7.17. The third kappa shape index (κ3) is 4.42. The van der Waals surface area contributed by atoms with Crippen LogP contribution >= 0.6 is 0 Å². The molecular formula is C23H26N2O4. The van der Waals surface area contributed by atoms with Gasteiger partial charge in [-0.05, 0) is 53.6 Å². The van der Waals surface area contributed by atoms with Gasteiger partial charge in [-0.1, -0.05) is 26.0 Å². The van der Waals surface area contributed by atoms with Crippen LogP contribution in [0.5, 0.6) is 11.5 Å². The predicted octanol–water partition coefficient (Wildman–Crippen LogP) is 3.64. The molecule has 0 saturated carbocycles. The van der Waals surface area contributed by atoms with Crippen molar-refractivity contribution in [1.29, 1.82) is 0 Å². The zero-order valence-electron chi connectivity index (χ0n) is 17.2. The van der Waals surface area contributed by atoms with Gasteiger partial charge in [-0.15, -0.1) is 0 Å². The van der Waals surface area contributed by atoms with Gasteiger partial charge in [-0.25, -0.2) is 0 Å². The minimum Gasteiger partial charge on any atom is -0.496 e.